The average molecular weight is 245 g/mol. The molecule has 0 spiro atoms. The van der Waals surface area contributed by atoms with Crippen LogP contribution in [0.15, 0.2) is 36.7 Å². The number of anilines is 2. The number of aliphatic hydroxyl groups is 1. The van der Waals surface area contributed by atoms with Gasteiger partial charge in [0.25, 0.3) is 0 Å². The molecular formula is C13H15N3O2. The van der Waals surface area contributed by atoms with Crippen LogP contribution in [0.25, 0.3) is 0 Å². The summed E-state index contributed by atoms with van der Waals surface area (Å²) in [5, 5.41) is 9.05. The van der Waals surface area contributed by atoms with Crippen molar-refractivity contribution in [1.82, 2.24) is 9.97 Å². The number of rotatable bonds is 4. The highest BCUT2D eigenvalue weighted by Gasteiger charge is 2.06. The number of methoxy groups -OCH3 is 1. The zero-order chi connectivity index (χ0) is 13.0. The Bertz CT molecular complexity index is 514. The number of benzene rings is 1. The van der Waals surface area contributed by atoms with Gasteiger partial charge in [0.1, 0.15) is 5.75 Å². The minimum atomic E-state index is -0.114. The molecule has 0 aliphatic carbocycles. The van der Waals surface area contributed by atoms with Gasteiger partial charge in [0, 0.05) is 12.7 Å². The Balaban J connectivity index is 2.25. The van der Waals surface area contributed by atoms with E-state index in [1.807, 2.05) is 36.2 Å². The normalized spacial score (nSPS) is 10.2. The molecule has 1 aromatic carbocycles. The van der Waals surface area contributed by atoms with Crippen LogP contribution in [0.3, 0.4) is 0 Å². The monoisotopic (exact) mass is 245 g/mol. The summed E-state index contributed by atoms with van der Waals surface area (Å²) < 4.78 is 5.11. The Morgan fingerprint density at radius 3 is 2.56 bits per heavy atom. The standard InChI is InChI=1S/C13H15N3O2/c1-16(11-3-5-12(18-2)6-4-11)13-8-14-7-10(9-17)15-13/h3-8,17H,9H2,1-2H3. The molecule has 0 aliphatic rings. The number of ether oxygens (including phenoxy) is 1. The summed E-state index contributed by atoms with van der Waals surface area (Å²) in [6.07, 6.45) is 3.20. The quantitative estimate of drug-likeness (QED) is 0.889. The molecule has 0 saturated carbocycles. The third kappa shape index (κ3) is 2.57. The first-order chi connectivity index (χ1) is 8.74. The first-order valence-corrected chi connectivity index (χ1v) is 5.54. The second-order valence-corrected chi connectivity index (χ2v) is 3.78. The third-order valence-electron chi connectivity index (χ3n) is 2.64. The van der Waals surface area contributed by atoms with E-state index in [2.05, 4.69) is 9.97 Å². The molecule has 0 bridgehead atoms. The predicted molar refractivity (Wildman–Crippen MR) is 69.0 cm³/mol. The summed E-state index contributed by atoms with van der Waals surface area (Å²) >= 11 is 0. The SMILES string of the molecule is COc1ccc(N(C)c2cncc(CO)n2)cc1. The molecular weight excluding hydrogens is 230 g/mol. The lowest BCUT2D eigenvalue weighted by atomic mass is 10.3. The third-order valence-corrected chi connectivity index (χ3v) is 2.64. The summed E-state index contributed by atoms with van der Waals surface area (Å²) in [5.74, 6) is 1.49. The zero-order valence-corrected chi connectivity index (χ0v) is 10.4. The Labute approximate surface area is 106 Å². The van der Waals surface area contributed by atoms with Gasteiger partial charge in [-0.05, 0) is 24.3 Å². The molecule has 18 heavy (non-hydrogen) atoms. The van der Waals surface area contributed by atoms with E-state index >= 15 is 0 Å². The lowest BCUT2D eigenvalue weighted by Gasteiger charge is -2.18. The molecule has 0 unspecified atom stereocenters. The summed E-state index contributed by atoms with van der Waals surface area (Å²) in [5.41, 5.74) is 1.52. The van der Waals surface area contributed by atoms with E-state index in [4.69, 9.17) is 9.84 Å². The predicted octanol–water partition coefficient (Wildman–Crippen LogP) is 1.75. The molecule has 1 heterocycles. The summed E-state index contributed by atoms with van der Waals surface area (Å²) in [6, 6.07) is 7.64. The van der Waals surface area contributed by atoms with Crippen LogP contribution in [0, 0.1) is 0 Å². The lowest BCUT2D eigenvalue weighted by Crippen LogP contribution is -2.12. The molecule has 0 fully saturated rings. The van der Waals surface area contributed by atoms with Gasteiger partial charge in [0.15, 0.2) is 5.82 Å². The fourth-order valence-corrected chi connectivity index (χ4v) is 1.57. The molecule has 2 aromatic rings. The van der Waals surface area contributed by atoms with Crippen molar-refractivity contribution in [3.63, 3.8) is 0 Å². The first kappa shape index (κ1) is 12.3. The van der Waals surface area contributed by atoms with Crippen molar-refractivity contribution in [2.24, 2.45) is 0 Å². The van der Waals surface area contributed by atoms with Crippen molar-refractivity contribution < 1.29 is 9.84 Å². The van der Waals surface area contributed by atoms with Crippen molar-refractivity contribution >= 4 is 11.5 Å². The number of nitrogens with zero attached hydrogens (tertiary/aromatic N) is 3. The van der Waals surface area contributed by atoms with Crippen LogP contribution in [0.2, 0.25) is 0 Å². The van der Waals surface area contributed by atoms with Crippen LogP contribution in [0.1, 0.15) is 5.69 Å². The number of aliphatic hydroxyl groups excluding tert-OH is 1. The van der Waals surface area contributed by atoms with E-state index in [-0.39, 0.29) is 6.61 Å². The summed E-state index contributed by atoms with van der Waals surface area (Å²) in [4.78, 5) is 10.2. The van der Waals surface area contributed by atoms with Gasteiger partial charge < -0.3 is 14.7 Å². The lowest BCUT2D eigenvalue weighted by molar-refractivity contribution is 0.276. The smallest absolute Gasteiger partial charge is 0.151 e. The van der Waals surface area contributed by atoms with Gasteiger partial charge >= 0.3 is 0 Å². The van der Waals surface area contributed by atoms with Crippen molar-refractivity contribution in [1.29, 1.82) is 0 Å². The second-order valence-electron chi connectivity index (χ2n) is 3.78. The average Bonchev–Trinajstić information content (AvgIpc) is 2.46. The Morgan fingerprint density at radius 1 is 1.22 bits per heavy atom. The molecule has 0 amide bonds. The van der Waals surface area contributed by atoms with Gasteiger partial charge in [-0.3, -0.25) is 4.98 Å². The Hall–Kier alpha value is -2.14. The minimum Gasteiger partial charge on any atom is -0.497 e. The molecule has 1 N–H and O–H groups in total. The minimum absolute atomic E-state index is 0.114. The molecule has 0 radical (unpaired) electrons. The van der Waals surface area contributed by atoms with Gasteiger partial charge in [-0.1, -0.05) is 0 Å². The highest BCUT2D eigenvalue weighted by Crippen LogP contribution is 2.23. The summed E-state index contributed by atoms with van der Waals surface area (Å²) in [6.45, 7) is -0.114. The van der Waals surface area contributed by atoms with Crippen LogP contribution in [0.5, 0.6) is 5.75 Å². The van der Waals surface area contributed by atoms with E-state index in [1.165, 1.54) is 0 Å². The van der Waals surface area contributed by atoms with Gasteiger partial charge in [-0.25, -0.2) is 4.98 Å². The first-order valence-electron chi connectivity index (χ1n) is 5.54. The maximum Gasteiger partial charge on any atom is 0.151 e. The van der Waals surface area contributed by atoms with E-state index < -0.39 is 0 Å². The maximum absolute atomic E-state index is 9.05. The van der Waals surface area contributed by atoms with Crippen molar-refractivity contribution in [3.8, 4) is 5.75 Å². The van der Waals surface area contributed by atoms with E-state index in [0.717, 1.165) is 11.4 Å². The molecule has 0 atom stereocenters. The van der Waals surface area contributed by atoms with Crippen LogP contribution in [-0.4, -0.2) is 29.2 Å². The summed E-state index contributed by atoms with van der Waals surface area (Å²) in [7, 11) is 3.53. The molecule has 0 saturated heterocycles. The van der Waals surface area contributed by atoms with Crippen LogP contribution in [0.4, 0.5) is 11.5 Å². The molecule has 94 valence electrons. The fourth-order valence-electron chi connectivity index (χ4n) is 1.57. The van der Waals surface area contributed by atoms with Crippen molar-refractivity contribution in [2.45, 2.75) is 6.61 Å². The maximum atomic E-state index is 9.05. The van der Waals surface area contributed by atoms with Gasteiger partial charge in [-0.2, -0.15) is 0 Å². The van der Waals surface area contributed by atoms with Crippen LogP contribution in [-0.2, 0) is 6.61 Å². The number of aromatic nitrogens is 2. The van der Waals surface area contributed by atoms with E-state index in [0.29, 0.717) is 11.5 Å². The van der Waals surface area contributed by atoms with Crippen LogP contribution >= 0.6 is 0 Å². The van der Waals surface area contributed by atoms with Crippen molar-refractivity contribution in [2.75, 3.05) is 19.1 Å². The van der Waals surface area contributed by atoms with Gasteiger partial charge in [0.05, 0.1) is 31.8 Å². The van der Waals surface area contributed by atoms with E-state index in [9.17, 15) is 0 Å². The second kappa shape index (κ2) is 5.46. The molecule has 5 nitrogen and oxygen atoms in total. The highest BCUT2D eigenvalue weighted by atomic mass is 16.5. The number of hydrogen-bond acceptors (Lipinski definition) is 5. The molecule has 5 heteroatoms. The van der Waals surface area contributed by atoms with E-state index in [1.54, 1.807) is 19.5 Å². The highest BCUT2D eigenvalue weighted by molar-refractivity contribution is 5.59. The molecule has 2 rings (SSSR count). The molecule has 0 aliphatic heterocycles. The Kier molecular flexibility index (Phi) is 3.74. The van der Waals surface area contributed by atoms with Gasteiger partial charge in [-0.15, -0.1) is 0 Å². The fraction of sp³-hybridized carbons (Fsp3) is 0.231. The Morgan fingerprint density at radius 2 is 1.94 bits per heavy atom. The van der Waals surface area contributed by atoms with Gasteiger partial charge in [0.2, 0.25) is 0 Å². The van der Waals surface area contributed by atoms with Crippen LogP contribution < -0.4 is 9.64 Å². The largest absolute Gasteiger partial charge is 0.497 e. The van der Waals surface area contributed by atoms with Crippen molar-refractivity contribution in [3.05, 3.63) is 42.4 Å². The molecule has 1 aromatic heterocycles. The topological polar surface area (TPSA) is 58.5 Å². The zero-order valence-electron chi connectivity index (χ0n) is 10.4. The number of hydrogen-bond donors (Lipinski definition) is 1.